The highest BCUT2D eigenvalue weighted by molar-refractivity contribution is 6.35. The fraction of sp³-hybridized carbons (Fsp3) is 0.588. The summed E-state index contributed by atoms with van der Waals surface area (Å²) in [5.74, 6) is 0.346. The topological polar surface area (TPSA) is 29.5 Å². The molecule has 1 aliphatic carbocycles. The zero-order valence-corrected chi connectivity index (χ0v) is 15.3. The van der Waals surface area contributed by atoms with Gasteiger partial charge in [0, 0.05) is 34.6 Å². The van der Waals surface area contributed by atoms with E-state index in [2.05, 4.69) is 4.90 Å². The Morgan fingerprint density at radius 3 is 2.52 bits per heavy atom. The summed E-state index contributed by atoms with van der Waals surface area (Å²) < 4.78 is 6.17. The Morgan fingerprint density at radius 2 is 1.87 bits per heavy atom. The summed E-state index contributed by atoms with van der Waals surface area (Å²) in [5, 5.41) is 1.30. The molecule has 128 valence electrons. The molecule has 3 rings (SSSR count). The van der Waals surface area contributed by atoms with Crippen molar-refractivity contribution in [1.82, 2.24) is 4.90 Å². The second-order valence-electron chi connectivity index (χ2n) is 6.16. The molecule has 1 heterocycles. The number of hydrogen-bond donors (Lipinski definition) is 0. The predicted molar refractivity (Wildman–Crippen MR) is 95.7 cm³/mol. The highest BCUT2D eigenvalue weighted by Crippen LogP contribution is 2.30. The third kappa shape index (κ3) is 4.61. The van der Waals surface area contributed by atoms with Crippen LogP contribution >= 0.6 is 35.6 Å². The van der Waals surface area contributed by atoms with Crippen LogP contribution in [0.1, 0.15) is 37.7 Å². The van der Waals surface area contributed by atoms with Crippen molar-refractivity contribution in [3.05, 3.63) is 33.8 Å². The Bertz CT molecular complexity index is 532. The Balaban J connectivity index is 0.00000192. The number of Topliss-reactive ketones (excluding diaryl/α,β-unsaturated/α-hetero) is 1. The lowest BCUT2D eigenvalue weighted by molar-refractivity contribution is -0.117. The lowest BCUT2D eigenvalue weighted by atomic mass is 9.91. The van der Waals surface area contributed by atoms with Gasteiger partial charge in [-0.3, -0.25) is 9.69 Å². The van der Waals surface area contributed by atoms with Crippen LogP contribution in [0.25, 0.3) is 0 Å². The zero-order chi connectivity index (χ0) is 15.5. The van der Waals surface area contributed by atoms with Gasteiger partial charge in [-0.2, -0.15) is 0 Å². The first-order valence-electron chi connectivity index (χ1n) is 7.95. The first-order valence-corrected chi connectivity index (χ1v) is 8.71. The van der Waals surface area contributed by atoms with Crippen LogP contribution in [0.5, 0.6) is 0 Å². The van der Waals surface area contributed by atoms with E-state index in [0.717, 1.165) is 24.9 Å². The molecule has 6 heteroatoms. The van der Waals surface area contributed by atoms with Crippen LogP contribution < -0.4 is 0 Å². The fourth-order valence-corrected chi connectivity index (χ4v) is 3.99. The van der Waals surface area contributed by atoms with Gasteiger partial charge in [0.1, 0.15) is 5.78 Å². The van der Waals surface area contributed by atoms with Crippen molar-refractivity contribution in [3.63, 3.8) is 0 Å². The van der Waals surface area contributed by atoms with E-state index < -0.39 is 0 Å². The van der Waals surface area contributed by atoms with Gasteiger partial charge >= 0.3 is 0 Å². The number of ketones is 1. The van der Waals surface area contributed by atoms with E-state index >= 15 is 0 Å². The van der Waals surface area contributed by atoms with Crippen LogP contribution in [-0.2, 0) is 16.1 Å². The minimum atomic E-state index is 0. The van der Waals surface area contributed by atoms with Gasteiger partial charge in [-0.1, -0.05) is 42.1 Å². The predicted octanol–water partition coefficient (Wildman–Crippen LogP) is 4.52. The smallest absolute Gasteiger partial charge is 0.148 e. The van der Waals surface area contributed by atoms with Crippen molar-refractivity contribution in [2.45, 2.75) is 50.9 Å². The molecule has 2 unspecified atom stereocenters. The number of benzene rings is 1. The lowest BCUT2D eigenvalue weighted by Gasteiger charge is -2.37. The number of likely N-dealkylation sites (tertiary alicyclic amines) is 1. The summed E-state index contributed by atoms with van der Waals surface area (Å²) in [5.41, 5.74) is 0.854. The van der Waals surface area contributed by atoms with Crippen molar-refractivity contribution >= 4 is 41.4 Å². The van der Waals surface area contributed by atoms with Crippen LogP contribution in [0.4, 0.5) is 0 Å². The van der Waals surface area contributed by atoms with Gasteiger partial charge in [-0.05, 0) is 25.0 Å². The lowest BCUT2D eigenvalue weighted by Crippen LogP contribution is -2.45. The molecule has 1 aromatic rings. The molecule has 1 saturated heterocycles. The quantitative estimate of drug-likeness (QED) is 0.771. The summed E-state index contributed by atoms with van der Waals surface area (Å²) in [6, 6.07) is 5.86. The standard InChI is InChI=1S/C17H21Cl2NO2.ClH/c18-14-4-3-5-15(19)13(14)11-22-17-7-2-1-6-16(17)20-9-8-12(21)10-20;/h3-5,16-17H,1-2,6-11H2;1H. The Morgan fingerprint density at radius 1 is 1.17 bits per heavy atom. The minimum Gasteiger partial charge on any atom is -0.372 e. The SMILES string of the molecule is Cl.O=C1CCN(C2CCCCC2OCc2c(Cl)cccc2Cl)C1. The monoisotopic (exact) mass is 377 g/mol. The van der Waals surface area contributed by atoms with Crippen LogP contribution in [0, 0.1) is 0 Å². The van der Waals surface area contributed by atoms with E-state index in [9.17, 15) is 4.79 Å². The number of carbonyl (C=O) groups is 1. The molecule has 0 bridgehead atoms. The average molecular weight is 379 g/mol. The van der Waals surface area contributed by atoms with Crippen molar-refractivity contribution in [3.8, 4) is 0 Å². The second kappa shape index (κ2) is 8.68. The number of ether oxygens (including phenoxy) is 1. The summed E-state index contributed by atoms with van der Waals surface area (Å²) in [4.78, 5) is 13.8. The minimum absolute atomic E-state index is 0. The molecule has 3 nitrogen and oxygen atoms in total. The average Bonchev–Trinajstić information content (AvgIpc) is 2.93. The number of rotatable bonds is 4. The van der Waals surface area contributed by atoms with Gasteiger partial charge < -0.3 is 4.74 Å². The number of carbonyl (C=O) groups excluding carboxylic acids is 1. The molecule has 0 aromatic heterocycles. The molecule has 1 aliphatic heterocycles. The molecule has 23 heavy (non-hydrogen) atoms. The number of hydrogen-bond acceptors (Lipinski definition) is 3. The molecule has 0 N–H and O–H groups in total. The molecule has 1 saturated carbocycles. The molecule has 2 aliphatic rings. The van der Waals surface area contributed by atoms with E-state index in [4.69, 9.17) is 27.9 Å². The molecule has 0 radical (unpaired) electrons. The van der Waals surface area contributed by atoms with Crippen molar-refractivity contribution < 1.29 is 9.53 Å². The molecule has 0 amide bonds. The molecule has 2 atom stereocenters. The van der Waals surface area contributed by atoms with E-state index in [0.29, 0.717) is 41.4 Å². The molecular weight excluding hydrogens is 357 g/mol. The maximum atomic E-state index is 11.6. The summed E-state index contributed by atoms with van der Waals surface area (Å²) in [7, 11) is 0. The van der Waals surface area contributed by atoms with E-state index in [1.807, 2.05) is 18.2 Å². The molecule has 1 aromatic carbocycles. The Hall–Kier alpha value is -0.320. The summed E-state index contributed by atoms with van der Waals surface area (Å²) >= 11 is 12.4. The maximum Gasteiger partial charge on any atom is 0.148 e. The van der Waals surface area contributed by atoms with Gasteiger partial charge in [0.25, 0.3) is 0 Å². The van der Waals surface area contributed by atoms with Crippen molar-refractivity contribution in [1.29, 1.82) is 0 Å². The maximum absolute atomic E-state index is 11.6. The highest BCUT2D eigenvalue weighted by atomic mass is 35.5. The first-order chi connectivity index (χ1) is 10.6. The largest absolute Gasteiger partial charge is 0.372 e. The number of halogens is 3. The Kier molecular flexibility index (Phi) is 7.18. The van der Waals surface area contributed by atoms with E-state index in [1.165, 1.54) is 12.8 Å². The van der Waals surface area contributed by atoms with E-state index in [-0.39, 0.29) is 18.5 Å². The van der Waals surface area contributed by atoms with Crippen LogP contribution in [0.3, 0.4) is 0 Å². The first kappa shape index (κ1) is 19.0. The van der Waals surface area contributed by atoms with Gasteiger partial charge in [0.05, 0.1) is 19.3 Å². The zero-order valence-electron chi connectivity index (χ0n) is 13.0. The van der Waals surface area contributed by atoms with Crippen LogP contribution in [0.15, 0.2) is 18.2 Å². The van der Waals surface area contributed by atoms with Crippen LogP contribution in [-0.4, -0.2) is 35.9 Å². The molecule has 2 fully saturated rings. The van der Waals surface area contributed by atoms with Gasteiger partial charge in [-0.15, -0.1) is 12.4 Å². The summed E-state index contributed by atoms with van der Waals surface area (Å²) in [6.07, 6.45) is 5.37. The molecule has 0 spiro atoms. The van der Waals surface area contributed by atoms with Crippen LogP contribution in [0.2, 0.25) is 10.0 Å². The van der Waals surface area contributed by atoms with E-state index in [1.54, 1.807) is 0 Å². The third-order valence-corrected chi connectivity index (χ3v) is 5.41. The molecular formula is C17H22Cl3NO2. The third-order valence-electron chi connectivity index (χ3n) is 4.70. The summed E-state index contributed by atoms with van der Waals surface area (Å²) in [6.45, 7) is 1.88. The normalized spacial score (nSPS) is 25.4. The van der Waals surface area contributed by atoms with Gasteiger partial charge in [-0.25, -0.2) is 0 Å². The van der Waals surface area contributed by atoms with Crippen molar-refractivity contribution in [2.75, 3.05) is 13.1 Å². The second-order valence-corrected chi connectivity index (χ2v) is 6.98. The number of nitrogens with zero attached hydrogens (tertiary/aromatic N) is 1. The highest BCUT2D eigenvalue weighted by Gasteiger charge is 2.34. The Labute approximate surface area is 153 Å². The van der Waals surface area contributed by atoms with Crippen molar-refractivity contribution in [2.24, 2.45) is 0 Å². The fourth-order valence-electron chi connectivity index (χ4n) is 3.49. The van der Waals surface area contributed by atoms with Gasteiger partial charge in [0.15, 0.2) is 0 Å². The van der Waals surface area contributed by atoms with Gasteiger partial charge in [0.2, 0.25) is 0 Å².